The lowest BCUT2D eigenvalue weighted by Crippen LogP contribution is -3.00. The van der Waals surface area contributed by atoms with Crippen molar-refractivity contribution in [2.75, 3.05) is 41.7 Å². The van der Waals surface area contributed by atoms with E-state index in [1.165, 1.54) is 0 Å². The number of hydrogen-bond donors (Lipinski definition) is 5. The van der Waals surface area contributed by atoms with Crippen LogP contribution in [0.4, 0.5) is 17.1 Å². The Hall–Kier alpha value is -4.42. The number of fused-ring (bicyclic) bond motifs is 2. The monoisotopic (exact) mass is 672 g/mol. The Labute approximate surface area is 286 Å². The number of aromatic carboxylic acids is 1. The maximum atomic E-state index is 12.8. The van der Waals surface area contributed by atoms with Crippen LogP contribution < -0.4 is 43.3 Å². The predicted molar refractivity (Wildman–Crippen MR) is 191 cm³/mol. The van der Waals surface area contributed by atoms with Gasteiger partial charge in [0.15, 0.2) is 5.11 Å². The Morgan fingerprint density at radius 3 is 2.19 bits per heavy atom. The van der Waals surface area contributed by atoms with Gasteiger partial charge in [-0.15, -0.1) is 0 Å². The molecule has 3 aromatic carbocycles. The smallest absolute Gasteiger partial charge is 0.488 e. The highest BCUT2D eigenvalue weighted by molar-refractivity contribution is 7.80. The van der Waals surface area contributed by atoms with Crippen LogP contribution in [0.15, 0.2) is 83.3 Å². The number of anilines is 3. The number of benzene rings is 4. The van der Waals surface area contributed by atoms with Gasteiger partial charge >= 0.3 is 13.1 Å². The molecule has 1 aliphatic carbocycles. The van der Waals surface area contributed by atoms with Crippen molar-refractivity contribution in [3.63, 3.8) is 0 Å². The first-order valence-corrected chi connectivity index (χ1v) is 15.8. The van der Waals surface area contributed by atoms with Crippen LogP contribution in [-0.2, 0) is 0 Å². The number of nitrogens with zero attached hydrogens (tertiary/aromatic N) is 2. The van der Waals surface area contributed by atoms with Crippen molar-refractivity contribution in [2.45, 2.75) is 27.7 Å². The highest BCUT2D eigenvalue weighted by Crippen LogP contribution is 2.42. The fraction of sp³-hybridized carbons (Fsp3) is 0.229. The van der Waals surface area contributed by atoms with Crippen molar-refractivity contribution in [1.29, 1.82) is 0 Å². The molecule has 0 saturated heterocycles. The van der Waals surface area contributed by atoms with Crippen LogP contribution >= 0.6 is 12.2 Å². The number of thiocarbonyl (C=S) groups is 1. The molecule has 0 atom stereocenters. The fourth-order valence-electron chi connectivity index (χ4n) is 5.82. The normalized spacial score (nSPS) is 10.8. The molecule has 0 bridgehead atoms. The molecule has 2 aliphatic rings. The summed E-state index contributed by atoms with van der Waals surface area (Å²) in [5.41, 5.74) is 5.30. The highest BCUT2D eigenvalue weighted by atomic mass is 35.5. The molecule has 0 saturated carbocycles. The van der Waals surface area contributed by atoms with Gasteiger partial charge < -0.3 is 47.5 Å². The van der Waals surface area contributed by atoms with Crippen molar-refractivity contribution < 1.29 is 36.8 Å². The van der Waals surface area contributed by atoms with Crippen LogP contribution in [0, 0.1) is 0 Å². The molecule has 1 heterocycles. The zero-order valence-corrected chi connectivity index (χ0v) is 28.3. The molecule has 0 amide bonds. The molecule has 5 N–H and O–H groups in total. The average molecular weight is 673 g/mol. The van der Waals surface area contributed by atoms with E-state index in [4.69, 9.17) is 16.6 Å². The minimum atomic E-state index is -1.61. The van der Waals surface area contributed by atoms with E-state index < -0.39 is 13.1 Å². The van der Waals surface area contributed by atoms with Crippen LogP contribution in [0.2, 0.25) is 0 Å². The molecule has 9 nitrogen and oxygen atoms in total. The Morgan fingerprint density at radius 2 is 1.55 bits per heavy atom. The van der Waals surface area contributed by atoms with Gasteiger partial charge in [-0.2, -0.15) is 0 Å². The molecule has 0 radical (unpaired) electrons. The van der Waals surface area contributed by atoms with E-state index in [1.807, 2.05) is 24.3 Å². The Balaban J connectivity index is 0.00000500. The van der Waals surface area contributed by atoms with Crippen molar-refractivity contribution in [1.82, 2.24) is 4.58 Å². The quantitative estimate of drug-likeness (QED) is 0.0657. The predicted octanol–water partition coefficient (Wildman–Crippen LogP) is 2.05. The van der Waals surface area contributed by atoms with Gasteiger partial charge in [-0.05, 0) is 93.4 Å². The second-order valence-electron chi connectivity index (χ2n) is 10.8. The summed E-state index contributed by atoms with van der Waals surface area (Å²) in [4.78, 5) is 15.0. The van der Waals surface area contributed by atoms with Gasteiger partial charge in [0.1, 0.15) is 24.4 Å². The van der Waals surface area contributed by atoms with Crippen molar-refractivity contribution in [2.24, 2.45) is 0 Å². The number of rotatable bonds is 10. The highest BCUT2D eigenvalue weighted by Gasteiger charge is 2.23. The summed E-state index contributed by atoms with van der Waals surface area (Å²) in [6.07, 6.45) is 0. The van der Waals surface area contributed by atoms with E-state index in [-0.39, 0.29) is 23.1 Å². The van der Waals surface area contributed by atoms with Gasteiger partial charge in [0.05, 0.1) is 11.6 Å². The molecule has 3 aromatic rings. The number of carboxylic acid groups (broad SMARTS) is 1. The van der Waals surface area contributed by atoms with Gasteiger partial charge in [-0.25, -0.2) is 9.37 Å². The minimum absolute atomic E-state index is 0. The van der Waals surface area contributed by atoms with Crippen LogP contribution in [0.1, 0.15) is 38.1 Å². The zero-order chi connectivity index (χ0) is 33.0. The molecule has 0 fully saturated rings. The van der Waals surface area contributed by atoms with Crippen molar-refractivity contribution >= 4 is 63.9 Å². The van der Waals surface area contributed by atoms with Crippen LogP contribution in [0.3, 0.4) is 0 Å². The number of hydrogen-bond acceptors (Lipinski definition) is 6. The van der Waals surface area contributed by atoms with E-state index in [2.05, 4.69) is 59.9 Å². The molecular formula is C35H38BClN4O5S. The van der Waals surface area contributed by atoms with E-state index in [1.54, 1.807) is 42.5 Å². The van der Waals surface area contributed by atoms with Crippen molar-refractivity contribution in [3.05, 3.63) is 89.8 Å². The fourth-order valence-corrected chi connectivity index (χ4v) is 6.05. The summed E-state index contributed by atoms with van der Waals surface area (Å²) in [6.45, 7) is 11.8. The van der Waals surface area contributed by atoms with Crippen LogP contribution in [0.5, 0.6) is 0 Å². The first-order valence-electron chi connectivity index (χ1n) is 15.4. The molecule has 0 spiro atoms. The third kappa shape index (κ3) is 7.60. The summed E-state index contributed by atoms with van der Waals surface area (Å²) in [5, 5.41) is 37.5. The second kappa shape index (κ2) is 15.4. The van der Waals surface area contributed by atoms with Crippen molar-refractivity contribution in [3.8, 4) is 22.5 Å². The van der Waals surface area contributed by atoms with Gasteiger partial charge in [0.2, 0.25) is 5.36 Å². The largest absolute Gasteiger partial charge is 1.00 e. The average Bonchev–Trinajstić information content (AvgIpc) is 3.04. The molecule has 244 valence electrons. The number of halogens is 1. The Morgan fingerprint density at radius 1 is 0.872 bits per heavy atom. The first kappa shape index (κ1) is 35.4. The summed E-state index contributed by atoms with van der Waals surface area (Å²) >= 11 is 5.48. The molecule has 1 aliphatic heterocycles. The summed E-state index contributed by atoms with van der Waals surface area (Å²) in [5.74, 6) is -0.411. The summed E-state index contributed by atoms with van der Waals surface area (Å²) in [6, 6.07) is 23.9. The van der Waals surface area contributed by atoms with Crippen LogP contribution in [0.25, 0.3) is 33.4 Å². The lowest BCUT2D eigenvalue weighted by molar-refractivity contribution is -0.0000275. The Kier molecular flexibility index (Phi) is 11.6. The van der Waals surface area contributed by atoms with Gasteiger partial charge in [0, 0.05) is 58.8 Å². The van der Waals surface area contributed by atoms with E-state index in [0.29, 0.717) is 33.7 Å². The third-order valence-electron chi connectivity index (χ3n) is 8.17. The number of carboxylic acids is 1. The van der Waals surface area contributed by atoms with E-state index in [0.717, 1.165) is 53.7 Å². The third-order valence-corrected chi connectivity index (χ3v) is 8.37. The van der Waals surface area contributed by atoms with E-state index >= 15 is 0 Å². The standard InChI is InChI=1S/C35H37BN4O5S.ClH/c1-5-39(6-2)25-13-16-28-31(20-25)45-32-21-26(40(7-3)8-4)14-17-29(32)33(28)27-15-12-24(19-30(27)34(41)42)38-35(46)37-23-11-9-10-22(18-23)36(43)44;/h9-21,43-44H,5-8H2,1-4H3,(H2,37,41,42,46);1H. The maximum absolute atomic E-state index is 12.8. The molecule has 47 heavy (non-hydrogen) atoms. The van der Waals surface area contributed by atoms with Gasteiger partial charge in [-0.1, -0.05) is 18.2 Å². The molecular weight excluding hydrogens is 635 g/mol. The number of nitrogens with one attached hydrogen (secondary N) is 2. The zero-order valence-electron chi connectivity index (χ0n) is 26.8. The first-order chi connectivity index (χ1) is 22.2. The molecule has 12 heteroatoms. The molecule has 5 rings (SSSR count). The Bertz CT molecular complexity index is 1950. The summed E-state index contributed by atoms with van der Waals surface area (Å²) < 4.78 is 8.80. The number of carbonyl (C=O) groups is 1. The van der Waals surface area contributed by atoms with E-state index in [9.17, 15) is 19.9 Å². The summed E-state index contributed by atoms with van der Waals surface area (Å²) in [7, 11) is -1.61. The molecule has 0 aromatic heterocycles. The van der Waals surface area contributed by atoms with Crippen LogP contribution in [-0.4, -0.2) is 59.5 Å². The van der Waals surface area contributed by atoms with Gasteiger partial charge in [0.25, 0.3) is 0 Å². The topological polar surface area (TPSA) is 121 Å². The second-order valence-corrected chi connectivity index (χ2v) is 11.2. The maximum Gasteiger partial charge on any atom is 0.488 e. The lowest BCUT2D eigenvalue weighted by atomic mass is 9.80. The minimum Gasteiger partial charge on any atom is -1.00 e. The lowest BCUT2D eigenvalue weighted by Gasteiger charge is -2.22. The molecule has 0 unspecified atom stereocenters. The SMILES string of the molecule is CCN(CC)c1ccc2c(-c3ccc(NC(=S)Nc4cccc(B(O)O)c4)cc3C(=O)O)c3ccc(=[N+](CC)CC)cc-3oc2c1.[Cl-]. The van der Waals surface area contributed by atoms with Gasteiger partial charge in [-0.3, -0.25) is 0 Å².